The Labute approximate surface area is 167 Å². The van der Waals surface area contributed by atoms with Crippen LogP contribution >= 0.6 is 11.6 Å². The predicted molar refractivity (Wildman–Crippen MR) is 117 cm³/mol. The second kappa shape index (κ2) is 26.2. The van der Waals surface area contributed by atoms with Gasteiger partial charge in [0.25, 0.3) is 0 Å². The van der Waals surface area contributed by atoms with Crippen LogP contribution in [0.4, 0.5) is 0 Å². The van der Waals surface area contributed by atoms with Crippen LogP contribution in [0.1, 0.15) is 97.3 Å². The zero-order chi connectivity index (χ0) is 19.7. The van der Waals surface area contributed by atoms with E-state index in [-0.39, 0.29) is 0 Å². The highest BCUT2D eigenvalue weighted by molar-refractivity contribution is 6.17. The van der Waals surface area contributed by atoms with Crippen molar-refractivity contribution in [3.8, 4) is 0 Å². The first kappa shape index (κ1) is 27.2. The average molecular weight is 385 g/mol. The molecule has 0 spiro atoms. The second-order valence-electron chi connectivity index (χ2n) is 6.48. The molecule has 0 aliphatic heterocycles. The van der Waals surface area contributed by atoms with Crippen LogP contribution in [0.15, 0.2) is 36.5 Å². The Bertz CT molecular complexity index is 355. The summed E-state index contributed by atoms with van der Waals surface area (Å²) in [4.78, 5) is 10.3. The van der Waals surface area contributed by atoms with E-state index in [1.807, 2.05) is 0 Å². The predicted octanol–water partition coefficient (Wildman–Crippen LogP) is 8.08. The van der Waals surface area contributed by atoms with Gasteiger partial charge in [-0.3, -0.25) is 4.79 Å². The van der Waals surface area contributed by atoms with Gasteiger partial charge in [0.05, 0.1) is 0 Å². The third-order valence-corrected chi connectivity index (χ3v) is 4.10. The van der Waals surface area contributed by atoms with E-state index < -0.39 is 5.97 Å². The van der Waals surface area contributed by atoms with Crippen molar-refractivity contribution in [3.05, 3.63) is 36.5 Å². The number of halogens is 1. The number of hydrogen-bond acceptors (Lipinski definition) is 1. The van der Waals surface area contributed by atoms with Gasteiger partial charge in [-0.25, -0.2) is 0 Å². The van der Waals surface area contributed by atoms with Gasteiger partial charge >= 0.3 is 5.97 Å². The molecule has 152 valence electrons. The van der Waals surface area contributed by atoms with Crippen LogP contribution < -0.4 is 0 Å². The van der Waals surface area contributed by atoms with Gasteiger partial charge in [-0.15, -0.1) is 11.6 Å². The Morgan fingerprint density at radius 1 is 0.731 bits per heavy atom. The SMILES string of the molecule is CCCCC=CC=CC=CCCCCCCCC(=O)O.CCCCCCl. The Kier molecular flexibility index (Phi) is 27.4. The first-order valence-corrected chi connectivity index (χ1v) is 11.0. The summed E-state index contributed by atoms with van der Waals surface area (Å²) < 4.78 is 0. The summed E-state index contributed by atoms with van der Waals surface area (Å²) >= 11 is 5.38. The van der Waals surface area contributed by atoms with Gasteiger partial charge in [0.1, 0.15) is 0 Å². The Hall–Kier alpha value is -1.02. The second-order valence-corrected chi connectivity index (χ2v) is 6.86. The molecule has 0 radical (unpaired) electrons. The molecule has 1 N–H and O–H groups in total. The van der Waals surface area contributed by atoms with Crippen molar-refractivity contribution in [3.63, 3.8) is 0 Å². The lowest BCUT2D eigenvalue weighted by Crippen LogP contribution is -1.93. The Morgan fingerprint density at radius 3 is 1.77 bits per heavy atom. The summed E-state index contributed by atoms with van der Waals surface area (Å²) in [6.45, 7) is 4.38. The highest BCUT2D eigenvalue weighted by atomic mass is 35.5. The van der Waals surface area contributed by atoms with Gasteiger partial charge in [0, 0.05) is 12.3 Å². The molecule has 0 saturated heterocycles. The molecular formula is C23H41ClO2. The summed E-state index contributed by atoms with van der Waals surface area (Å²) in [5.41, 5.74) is 0. The van der Waals surface area contributed by atoms with Crippen LogP contribution in [0.5, 0.6) is 0 Å². The summed E-state index contributed by atoms with van der Waals surface area (Å²) in [5, 5.41) is 8.50. The molecule has 26 heavy (non-hydrogen) atoms. The smallest absolute Gasteiger partial charge is 0.303 e. The molecule has 2 nitrogen and oxygen atoms in total. The fourth-order valence-corrected chi connectivity index (χ4v) is 2.40. The number of rotatable bonds is 16. The van der Waals surface area contributed by atoms with E-state index in [1.165, 1.54) is 51.4 Å². The number of carboxylic acid groups (broad SMARTS) is 1. The van der Waals surface area contributed by atoms with E-state index in [1.54, 1.807) is 0 Å². The van der Waals surface area contributed by atoms with Gasteiger partial charge in [-0.05, 0) is 32.1 Å². The molecule has 3 heteroatoms. The fourth-order valence-electron chi connectivity index (χ4n) is 2.21. The topological polar surface area (TPSA) is 37.3 Å². The summed E-state index contributed by atoms with van der Waals surface area (Å²) in [7, 11) is 0. The molecule has 0 unspecified atom stereocenters. The Balaban J connectivity index is 0. The maximum atomic E-state index is 10.3. The molecule has 0 atom stereocenters. The van der Waals surface area contributed by atoms with Crippen LogP contribution in [0, 0.1) is 0 Å². The lowest BCUT2D eigenvalue weighted by Gasteiger charge is -1.97. The standard InChI is InChI=1S/C18H30O2.C5H11Cl/c1-2-3-4-5-6-7-8-9-10-11-12-13-14-15-16-17-18(19)20;1-2-3-4-5-6/h5-10H,2-4,11-17H2,1H3,(H,19,20);2-5H2,1H3. The average Bonchev–Trinajstić information content (AvgIpc) is 2.63. The number of unbranched alkanes of at least 4 members (excludes halogenated alkanes) is 9. The zero-order valence-electron chi connectivity index (χ0n) is 17.1. The van der Waals surface area contributed by atoms with Crippen molar-refractivity contribution in [1.82, 2.24) is 0 Å². The minimum absolute atomic E-state index is 0.316. The molecule has 0 fully saturated rings. The molecule has 0 aromatic rings. The third-order valence-electron chi connectivity index (χ3n) is 3.83. The van der Waals surface area contributed by atoms with Crippen molar-refractivity contribution in [2.75, 3.05) is 5.88 Å². The minimum atomic E-state index is -0.677. The van der Waals surface area contributed by atoms with E-state index in [2.05, 4.69) is 50.3 Å². The quantitative estimate of drug-likeness (QED) is 0.166. The number of carbonyl (C=O) groups is 1. The van der Waals surface area contributed by atoms with Crippen molar-refractivity contribution >= 4 is 17.6 Å². The van der Waals surface area contributed by atoms with Gasteiger partial charge in [0.2, 0.25) is 0 Å². The molecule has 0 bridgehead atoms. The van der Waals surface area contributed by atoms with Crippen LogP contribution in [0.25, 0.3) is 0 Å². The van der Waals surface area contributed by atoms with Gasteiger partial charge < -0.3 is 5.11 Å². The highest BCUT2D eigenvalue weighted by Crippen LogP contribution is 2.07. The molecule has 0 saturated carbocycles. The van der Waals surface area contributed by atoms with Gasteiger partial charge in [-0.2, -0.15) is 0 Å². The van der Waals surface area contributed by atoms with E-state index in [9.17, 15) is 4.79 Å². The Morgan fingerprint density at radius 2 is 1.27 bits per heavy atom. The van der Waals surface area contributed by atoms with Gasteiger partial charge in [0.15, 0.2) is 0 Å². The molecule has 0 aromatic carbocycles. The summed E-state index contributed by atoms with van der Waals surface area (Å²) in [6, 6.07) is 0. The van der Waals surface area contributed by atoms with Crippen LogP contribution in [-0.2, 0) is 4.79 Å². The largest absolute Gasteiger partial charge is 0.481 e. The maximum Gasteiger partial charge on any atom is 0.303 e. The summed E-state index contributed by atoms with van der Waals surface area (Å²) in [6.07, 6.45) is 27.1. The van der Waals surface area contributed by atoms with Crippen LogP contribution in [-0.4, -0.2) is 17.0 Å². The first-order valence-electron chi connectivity index (χ1n) is 10.4. The lowest BCUT2D eigenvalue weighted by molar-refractivity contribution is -0.137. The summed E-state index contributed by atoms with van der Waals surface area (Å²) in [5.74, 6) is 0.150. The van der Waals surface area contributed by atoms with E-state index in [0.29, 0.717) is 6.42 Å². The number of alkyl halides is 1. The number of aliphatic carboxylic acids is 1. The molecule has 0 amide bonds. The van der Waals surface area contributed by atoms with Crippen molar-refractivity contribution in [2.24, 2.45) is 0 Å². The molecule has 0 aliphatic carbocycles. The van der Waals surface area contributed by atoms with Crippen LogP contribution in [0.3, 0.4) is 0 Å². The number of carboxylic acids is 1. The van der Waals surface area contributed by atoms with Gasteiger partial charge in [-0.1, -0.05) is 95.2 Å². The van der Waals surface area contributed by atoms with E-state index in [4.69, 9.17) is 16.7 Å². The molecule has 0 aromatic heterocycles. The van der Waals surface area contributed by atoms with E-state index >= 15 is 0 Å². The van der Waals surface area contributed by atoms with E-state index in [0.717, 1.165) is 31.6 Å². The number of allylic oxidation sites excluding steroid dienone is 6. The van der Waals surface area contributed by atoms with Crippen molar-refractivity contribution in [1.29, 1.82) is 0 Å². The normalized spacial score (nSPS) is 11.3. The zero-order valence-corrected chi connectivity index (χ0v) is 17.9. The lowest BCUT2D eigenvalue weighted by atomic mass is 10.1. The molecule has 0 heterocycles. The fraction of sp³-hybridized carbons (Fsp3) is 0.696. The monoisotopic (exact) mass is 384 g/mol. The molecular weight excluding hydrogens is 344 g/mol. The maximum absolute atomic E-state index is 10.3. The third kappa shape index (κ3) is 30.8. The van der Waals surface area contributed by atoms with Crippen LogP contribution in [0.2, 0.25) is 0 Å². The van der Waals surface area contributed by atoms with Crippen molar-refractivity contribution < 1.29 is 9.90 Å². The minimum Gasteiger partial charge on any atom is -0.481 e. The first-order chi connectivity index (χ1) is 12.7. The number of hydrogen-bond donors (Lipinski definition) is 1. The molecule has 0 rings (SSSR count). The molecule has 0 aliphatic rings. The van der Waals surface area contributed by atoms with Crippen molar-refractivity contribution in [2.45, 2.75) is 97.3 Å². The highest BCUT2D eigenvalue weighted by Gasteiger charge is 1.95.